The molecule has 0 aromatic carbocycles. The summed E-state index contributed by atoms with van der Waals surface area (Å²) >= 11 is 0. The highest BCUT2D eigenvalue weighted by Gasteiger charge is 2.37. The maximum absolute atomic E-state index is 13.2. The molecule has 0 aromatic heterocycles. The van der Waals surface area contributed by atoms with Crippen LogP contribution in [0.1, 0.15) is 27.2 Å². The van der Waals surface area contributed by atoms with Gasteiger partial charge in [-0.3, -0.25) is 4.90 Å². The van der Waals surface area contributed by atoms with Crippen LogP contribution >= 0.6 is 0 Å². The Morgan fingerprint density at radius 3 is 2.69 bits per heavy atom. The van der Waals surface area contributed by atoms with E-state index in [0.29, 0.717) is 0 Å². The standard InChI is InChI=1S/C10H19FN2O3/c1-10(2,3)16-9(14)13-5-7(11)4-8(13)6-15-12/h7-8H,4-6,12H2,1-3H3/t7-,8-/m0/s1. The van der Waals surface area contributed by atoms with E-state index in [1.807, 2.05) is 0 Å². The van der Waals surface area contributed by atoms with E-state index < -0.39 is 17.9 Å². The predicted molar refractivity (Wildman–Crippen MR) is 56.4 cm³/mol. The summed E-state index contributed by atoms with van der Waals surface area (Å²) in [6.07, 6.45) is -1.31. The van der Waals surface area contributed by atoms with E-state index in [1.54, 1.807) is 20.8 Å². The first-order valence-electron chi connectivity index (χ1n) is 5.29. The summed E-state index contributed by atoms with van der Waals surface area (Å²) in [7, 11) is 0. The minimum Gasteiger partial charge on any atom is -0.444 e. The highest BCUT2D eigenvalue weighted by molar-refractivity contribution is 5.69. The summed E-state index contributed by atoms with van der Waals surface area (Å²) in [4.78, 5) is 17.5. The molecule has 0 spiro atoms. The molecule has 2 atom stereocenters. The molecule has 0 saturated carbocycles. The first kappa shape index (κ1) is 13.2. The van der Waals surface area contributed by atoms with Crippen LogP contribution in [0.15, 0.2) is 0 Å². The van der Waals surface area contributed by atoms with Gasteiger partial charge in [0.1, 0.15) is 11.8 Å². The lowest BCUT2D eigenvalue weighted by molar-refractivity contribution is 0.0102. The van der Waals surface area contributed by atoms with Gasteiger partial charge in [-0.05, 0) is 20.8 Å². The topological polar surface area (TPSA) is 64.8 Å². The number of alkyl halides is 1. The summed E-state index contributed by atoms with van der Waals surface area (Å²) in [5.74, 6) is 4.94. The van der Waals surface area contributed by atoms with Crippen molar-refractivity contribution < 1.29 is 18.8 Å². The minimum absolute atomic E-state index is 0.0446. The number of amides is 1. The maximum atomic E-state index is 13.2. The molecule has 0 bridgehead atoms. The number of carbonyl (C=O) groups is 1. The second-order valence-electron chi connectivity index (χ2n) is 4.95. The van der Waals surface area contributed by atoms with Crippen molar-refractivity contribution in [2.75, 3.05) is 13.2 Å². The molecule has 1 aliphatic heterocycles. The van der Waals surface area contributed by atoms with Crippen LogP contribution in [-0.4, -0.2) is 42.0 Å². The van der Waals surface area contributed by atoms with Gasteiger partial charge in [-0.15, -0.1) is 0 Å². The molecule has 1 rings (SSSR count). The molecule has 0 radical (unpaired) electrons. The normalized spacial score (nSPS) is 25.9. The molecular formula is C10H19FN2O3. The van der Waals surface area contributed by atoms with E-state index >= 15 is 0 Å². The molecule has 0 aromatic rings. The molecule has 0 unspecified atom stereocenters. The van der Waals surface area contributed by atoms with Gasteiger partial charge in [-0.25, -0.2) is 15.1 Å². The van der Waals surface area contributed by atoms with E-state index in [2.05, 4.69) is 4.84 Å². The highest BCUT2D eigenvalue weighted by Crippen LogP contribution is 2.23. The fourth-order valence-electron chi connectivity index (χ4n) is 1.67. The van der Waals surface area contributed by atoms with Crippen LogP contribution in [-0.2, 0) is 9.57 Å². The van der Waals surface area contributed by atoms with Gasteiger partial charge in [0.15, 0.2) is 0 Å². The third-order valence-corrected chi connectivity index (χ3v) is 2.28. The summed E-state index contributed by atoms with van der Waals surface area (Å²) in [6.45, 7) is 5.47. The number of nitrogens with zero attached hydrogens (tertiary/aromatic N) is 1. The van der Waals surface area contributed by atoms with Crippen LogP contribution in [0.4, 0.5) is 9.18 Å². The third-order valence-electron chi connectivity index (χ3n) is 2.28. The van der Waals surface area contributed by atoms with Crippen molar-refractivity contribution in [1.29, 1.82) is 0 Å². The minimum atomic E-state index is -1.03. The average molecular weight is 234 g/mol. The Balaban J connectivity index is 2.59. The molecule has 16 heavy (non-hydrogen) atoms. The van der Waals surface area contributed by atoms with Crippen molar-refractivity contribution in [3.8, 4) is 0 Å². The lowest BCUT2D eigenvalue weighted by Crippen LogP contribution is -2.42. The number of rotatable bonds is 2. The van der Waals surface area contributed by atoms with Crippen LogP contribution in [0, 0.1) is 0 Å². The van der Waals surface area contributed by atoms with Gasteiger partial charge in [0, 0.05) is 6.42 Å². The summed E-state index contributed by atoms with van der Waals surface area (Å²) in [5.41, 5.74) is -0.584. The quantitative estimate of drug-likeness (QED) is 0.730. The van der Waals surface area contributed by atoms with Crippen LogP contribution in [0.3, 0.4) is 0 Å². The van der Waals surface area contributed by atoms with Crippen LogP contribution in [0.25, 0.3) is 0 Å². The molecule has 1 aliphatic rings. The van der Waals surface area contributed by atoms with Crippen molar-refractivity contribution in [2.24, 2.45) is 5.90 Å². The van der Waals surface area contributed by atoms with E-state index in [1.165, 1.54) is 4.90 Å². The van der Waals surface area contributed by atoms with Gasteiger partial charge in [0.25, 0.3) is 0 Å². The Kier molecular flexibility index (Phi) is 4.09. The van der Waals surface area contributed by atoms with Crippen molar-refractivity contribution in [2.45, 2.75) is 45.0 Å². The maximum Gasteiger partial charge on any atom is 0.410 e. The molecule has 0 aliphatic carbocycles. The Hall–Kier alpha value is -0.880. The van der Waals surface area contributed by atoms with E-state index in [-0.39, 0.29) is 25.6 Å². The highest BCUT2D eigenvalue weighted by atomic mass is 19.1. The summed E-state index contributed by atoms with van der Waals surface area (Å²) in [5, 5.41) is 0. The average Bonchev–Trinajstić information content (AvgIpc) is 2.44. The fraction of sp³-hybridized carbons (Fsp3) is 0.900. The largest absolute Gasteiger partial charge is 0.444 e. The second-order valence-corrected chi connectivity index (χ2v) is 4.95. The fourth-order valence-corrected chi connectivity index (χ4v) is 1.67. The van der Waals surface area contributed by atoms with Gasteiger partial charge in [0.2, 0.25) is 0 Å². The van der Waals surface area contributed by atoms with Crippen molar-refractivity contribution >= 4 is 6.09 Å². The van der Waals surface area contributed by atoms with E-state index in [0.717, 1.165) is 0 Å². The number of ether oxygens (including phenoxy) is 1. The van der Waals surface area contributed by atoms with Crippen molar-refractivity contribution in [3.63, 3.8) is 0 Å². The van der Waals surface area contributed by atoms with Gasteiger partial charge >= 0.3 is 6.09 Å². The van der Waals surface area contributed by atoms with Gasteiger partial charge in [-0.2, -0.15) is 0 Å². The van der Waals surface area contributed by atoms with Crippen LogP contribution < -0.4 is 5.90 Å². The lowest BCUT2D eigenvalue weighted by Gasteiger charge is -2.27. The molecule has 1 heterocycles. The molecule has 5 nitrogen and oxygen atoms in total. The number of nitrogens with two attached hydrogens (primary N) is 1. The molecule has 1 amide bonds. The molecular weight excluding hydrogens is 215 g/mol. The van der Waals surface area contributed by atoms with Crippen LogP contribution in [0.2, 0.25) is 0 Å². The Bertz CT molecular complexity index is 255. The third kappa shape index (κ3) is 3.61. The zero-order valence-electron chi connectivity index (χ0n) is 9.90. The van der Waals surface area contributed by atoms with Gasteiger partial charge < -0.3 is 9.57 Å². The first-order valence-corrected chi connectivity index (χ1v) is 5.29. The summed E-state index contributed by atoms with van der Waals surface area (Å²) in [6, 6.07) is -0.338. The molecule has 6 heteroatoms. The van der Waals surface area contributed by atoms with Gasteiger partial charge in [-0.1, -0.05) is 0 Å². The Morgan fingerprint density at radius 1 is 1.56 bits per heavy atom. The number of carbonyl (C=O) groups excluding carboxylic acids is 1. The van der Waals surface area contributed by atoms with Crippen LogP contribution in [0.5, 0.6) is 0 Å². The number of likely N-dealkylation sites (tertiary alicyclic amines) is 1. The second kappa shape index (κ2) is 4.97. The predicted octanol–water partition coefficient (Wildman–Crippen LogP) is 1.22. The zero-order chi connectivity index (χ0) is 12.3. The lowest BCUT2D eigenvalue weighted by atomic mass is 10.2. The van der Waals surface area contributed by atoms with Crippen molar-refractivity contribution in [1.82, 2.24) is 4.90 Å². The molecule has 94 valence electrons. The Labute approximate surface area is 94.6 Å². The number of hydrogen-bond donors (Lipinski definition) is 1. The molecule has 1 saturated heterocycles. The Morgan fingerprint density at radius 2 is 2.19 bits per heavy atom. The first-order chi connectivity index (χ1) is 7.33. The SMILES string of the molecule is CC(C)(C)OC(=O)N1C[C@@H](F)C[C@H]1CON. The summed E-state index contributed by atoms with van der Waals surface area (Å²) < 4.78 is 18.4. The molecule has 1 fully saturated rings. The van der Waals surface area contributed by atoms with Gasteiger partial charge in [0.05, 0.1) is 19.2 Å². The smallest absolute Gasteiger partial charge is 0.410 e. The molecule has 2 N–H and O–H groups in total. The number of hydrogen-bond acceptors (Lipinski definition) is 4. The van der Waals surface area contributed by atoms with Crippen molar-refractivity contribution in [3.05, 3.63) is 0 Å². The monoisotopic (exact) mass is 234 g/mol. The van der Waals surface area contributed by atoms with E-state index in [9.17, 15) is 9.18 Å². The zero-order valence-corrected chi connectivity index (χ0v) is 9.90. The van der Waals surface area contributed by atoms with E-state index in [4.69, 9.17) is 10.6 Å². The number of halogens is 1.